The Hall–Kier alpha value is -1.55. The lowest BCUT2D eigenvalue weighted by Gasteiger charge is -2.20. The van der Waals surface area contributed by atoms with E-state index in [9.17, 15) is 4.79 Å². The summed E-state index contributed by atoms with van der Waals surface area (Å²) in [5.41, 5.74) is 6.71. The van der Waals surface area contributed by atoms with Gasteiger partial charge in [-0.05, 0) is 36.6 Å². The topological polar surface area (TPSA) is 55.6 Å². The number of benzene rings is 1. The summed E-state index contributed by atoms with van der Waals surface area (Å²) in [5, 5.41) is 0. The minimum Gasteiger partial charge on any atom is -0.497 e. The Morgan fingerprint density at radius 3 is 2.53 bits per heavy atom. The normalized spacial score (nSPS) is 12.0. The van der Waals surface area contributed by atoms with Gasteiger partial charge >= 0.3 is 0 Å². The molecule has 0 aliphatic heterocycles. The SMILES string of the molecule is COc1ccc(CCC(=O)N(C)CC(C)CN)cc1. The van der Waals surface area contributed by atoms with Crippen molar-refractivity contribution in [1.82, 2.24) is 4.90 Å². The Balaban J connectivity index is 2.40. The first-order chi connectivity index (χ1) is 9.06. The molecule has 1 aromatic carbocycles. The van der Waals surface area contributed by atoms with Crippen LogP contribution in [0.1, 0.15) is 18.9 Å². The van der Waals surface area contributed by atoms with E-state index in [0.29, 0.717) is 18.9 Å². The molecule has 0 saturated heterocycles. The molecule has 0 aliphatic rings. The van der Waals surface area contributed by atoms with Crippen LogP contribution < -0.4 is 10.5 Å². The average molecular weight is 264 g/mol. The molecule has 1 amide bonds. The van der Waals surface area contributed by atoms with Gasteiger partial charge < -0.3 is 15.4 Å². The number of carbonyl (C=O) groups excluding carboxylic acids is 1. The van der Waals surface area contributed by atoms with Gasteiger partial charge in [0.1, 0.15) is 5.75 Å². The molecule has 1 atom stereocenters. The number of carbonyl (C=O) groups is 1. The number of methoxy groups -OCH3 is 1. The van der Waals surface area contributed by atoms with E-state index in [1.807, 2.05) is 38.2 Å². The van der Waals surface area contributed by atoms with Crippen LogP contribution in [0.5, 0.6) is 5.75 Å². The second kappa shape index (κ2) is 7.79. The zero-order chi connectivity index (χ0) is 14.3. The van der Waals surface area contributed by atoms with Crippen LogP contribution in [0.3, 0.4) is 0 Å². The Labute approximate surface area is 115 Å². The summed E-state index contributed by atoms with van der Waals surface area (Å²) >= 11 is 0. The van der Waals surface area contributed by atoms with E-state index >= 15 is 0 Å². The molecular weight excluding hydrogens is 240 g/mol. The summed E-state index contributed by atoms with van der Waals surface area (Å²) in [6, 6.07) is 7.82. The molecule has 2 N–H and O–H groups in total. The zero-order valence-corrected chi connectivity index (χ0v) is 12.1. The molecule has 0 bridgehead atoms. The van der Waals surface area contributed by atoms with E-state index in [-0.39, 0.29) is 5.91 Å². The van der Waals surface area contributed by atoms with Gasteiger partial charge in [0.2, 0.25) is 5.91 Å². The molecule has 1 aromatic rings. The Kier molecular flexibility index (Phi) is 6.36. The third-order valence-corrected chi connectivity index (χ3v) is 3.20. The van der Waals surface area contributed by atoms with E-state index < -0.39 is 0 Å². The maximum atomic E-state index is 12.0. The molecule has 0 heterocycles. The zero-order valence-electron chi connectivity index (χ0n) is 12.1. The first-order valence-electron chi connectivity index (χ1n) is 6.63. The predicted molar refractivity (Wildman–Crippen MR) is 77.2 cm³/mol. The van der Waals surface area contributed by atoms with E-state index in [1.165, 1.54) is 0 Å². The van der Waals surface area contributed by atoms with Crippen LogP contribution in [0.15, 0.2) is 24.3 Å². The molecule has 4 nitrogen and oxygen atoms in total. The molecule has 0 aliphatic carbocycles. The first kappa shape index (κ1) is 15.5. The Morgan fingerprint density at radius 2 is 2.00 bits per heavy atom. The molecule has 1 unspecified atom stereocenters. The highest BCUT2D eigenvalue weighted by molar-refractivity contribution is 5.76. The number of hydrogen-bond acceptors (Lipinski definition) is 3. The molecule has 0 spiro atoms. The number of aryl methyl sites for hydroxylation is 1. The molecule has 19 heavy (non-hydrogen) atoms. The van der Waals surface area contributed by atoms with Crippen LogP contribution in [-0.4, -0.2) is 38.1 Å². The number of nitrogens with two attached hydrogens (primary N) is 1. The van der Waals surface area contributed by atoms with Crippen LogP contribution in [0.4, 0.5) is 0 Å². The van der Waals surface area contributed by atoms with Gasteiger partial charge in [-0.15, -0.1) is 0 Å². The highest BCUT2D eigenvalue weighted by atomic mass is 16.5. The van der Waals surface area contributed by atoms with E-state index in [4.69, 9.17) is 10.5 Å². The monoisotopic (exact) mass is 264 g/mol. The summed E-state index contributed by atoms with van der Waals surface area (Å²) < 4.78 is 5.10. The van der Waals surface area contributed by atoms with Crippen molar-refractivity contribution in [3.05, 3.63) is 29.8 Å². The van der Waals surface area contributed by atoms with Gasteiger partial charge in [0.15, 0.2) is 0 Å². The van der Waals surface area contributed by atoms with Gasteiger partial charge in [0.25, 0.3) is 0 Å². The summed E-state index contributed by atoms with van der Waals surface area (Å²) in [6.07, 6.45) is 1.28. The van der Waals surface area contributed by atoms with Crippen LogP contribution in [0.2, 0.25) is 0 Å². The molecule has 0 radical (unpaired) electrons. The smallest absolute Gasteiger partial charge is 0.222 e. The number of ether oxygens (including phenoxy) is 1. The minimum atomic E-state index is 0.163. The average Bonchev–Trinajstić information content (AvgIpc) is 2.44. The van der Waals surface area contributed by atoms with Gasteiger partial charge in [-0.2, -0.15) is 0 Å². The molecular formula is C15H24N2O2. The number of hydrogen-bond donors (Lipinski definition) is 1. The summed E-state index contributed by atoms with van der Waals surface area (Å²) in [5.74, 6) is 1.34. The quantitative estimate of drug-likeness (QED) is 0.815. The van der Waals surface area contributed by atoms with Gasteiger partial charge in [0.05, 0.1) is 7.11 Å². The highest BCUT2D eigenvalue weighted by Gasteiger charge is 2.11. The van der Waals surface area contributed by atoms with Crippen molar-refractivity contribution in [1.29, 1.82) is 0 Å². The van der Waals surface area contributed by atoms with E-state index in [0.717, 1.165) is 24.3 Å². The molecule has 0 saturated carbocycles. The Bertz CT molecular complexity index is 390. The van der Waals surface area contributed by atoms with Crippen LogP contribution in [0, 0.1) is 5.92 Å². The third-order valence-electron chi connectivity index (χ3n) is 3.20. The summed E-state index contributed by atoms with van der Waals surface area (Å²) in [6.45, 7) is 3.38. The fourth-order valence-corrected chi connectivity index (χ4v) is 1.88. The predicted octanol–water partition coefficient (Wildman–Crippen LogP) is 1.68. The van der Waals surface area contributed by atoms with Crippen LogP contribution in [0.25, 0.3) is 0 Å². The fraction of sp³-hybridized carbons (Fsp3) is 0.533. The molecule has 4 heteroatoms. The highest BCUT2D eigenvalue weighted by Crippen LogP contribution is 2.13. The van der Waals surface area contributed by atoms with Crippen molar-refractivity contribution in [2.75, 3.05) is 27.2 Å². The second-order valence-corrected chi connectivity index (χ2v) is 4.96. The minimum absolute atomic E-state index is 0.163. The van der Waals surface area contributed by atoms with Gasteiger partial charge in [-0.3, -0.25) is 4.79 Å². The summed E-state index contributed by atoms with van der Waals surface area (Å²) in [7, 11) is 3.48. The lowest BCUT2D eigenvalue weighted by Crippen LogP contribution is -2.33. The van der Waals surface area contributed by atoms with Crippen molar-refractivity contribution in [2.24, 2.45) is 11.7 Å². The van der Waals surface area contributed by atoms with Crippen molar-refractivity contribution in [3.8, 4) is 5.75 Å². The molecule has 1 rings (SSSR count). The maximum Gasteiger partial charge on any atom is 0.222 e. The van der Waals surface area contributed by atoms with Crippen molar-refractivity contribution < 1.29 is 9.53 Å². The van der Waals surface area contributed by atoms with Crippen molar-refractivity contribution >= 4 is 5.91 Å². The van der Waals surface area contributed by atoms with Crippen molar-refractivity contribution in [3.63, 3.8) is 0 Å². The molecule has 106 valence electrons. The number of nitrogens with zero attached hydrogens (tertiary/aromatic N) is 1. The Morgan fingerprint density at radius 1 is 1.37 bits per heavy atom. The van der Waals surface area contributed by atoms with Gasteiger partial charge in [-0.25, -0.2) is 0 Å². The standard InChI is InChI=1S/C15H24N2O2/c1-12(10-16)11-17(2)15(18)9-6-13-4-7-14(19-3)8-5-13/h4-5,7-8,12H,6,9-11,16H2,1-3H3. The lowest BCUT2D eigenvalue weighted by atomic mass is 10.1. The van der Waals surface area contributed by atoms with E-state index in [1.54, 1.807) is 12.0 Å². The fourth-order valence-electron chi connectivity index (χ4n) is 1.88. The van der Waals surface area contributed by atoms with Gasteiger partial charge in [0, 0.05) is 20.0 Å². The second-order valence-electron chi connectivity index (χ2n) is 4.96. The van der Waals surface area contributed by atoms with E-state index in [2.05, 4.69) is 0 Å². The summed E-state index contributed by atoms with van der Waals surface area (Å²) in [4.78, 5) is 13.7. The maximum absolute atomic E-state index is 12.0. The van der Waals surface area contributed by atoms with Crippen LogP contribution in [-0.2, 0) is 11.2 Å². The number of amides is 1. The molecule has 0 aromatic heterocycles. The lowest BCUT2D eigenvalue weighted by molar-refractivity contribution is -0.130. The van der Waals surface area contributed by atoms with Crippen LogP contribution >= 0.6 is 0 Å². The van der Waals surface area contributed by atoms with Crippen molar-refractivity contribution in [2.45, 2.75) is 19.8 Å². The largest absolute Gasteiger partial charge is 0.497 e. The van der Waals surface area contributed by atoms with Gasteiger partial charge in [-0.1, -0.05) is 19.1 Å². The first-order valence-corrected chi connectivity index (χ1v) is 6.63. The molecule has 0 fully saturated rings. The number of rotatable bonds is 7. The third kappa shape index (κ3) is 5.30.